The molecule has 1 aromatic heterocycles. The minimum atomic E-state index is 0.385. The van der Waals surface area contributed by atoms with Crippen LogP contribution < -0.4 is 5.32 Å². The van der Waals surface area contributed by atoms with Crippen molar-refractivity contribution in [2.24, 2.45) is 0 Å². The van der Waals surface area contributed by atoms with E-state index in [0.717, 1.165) is 0 Å². The van der Waals surface area contributed by atoms with Gasteiger partial charge in [0, 0.05) is 18.3 Å². The van der Waals surface area contributed by atoms with E-state index >= 15 is 0 Å². The second-order valence-corrected chi connectivity index (χ2v) is 4.61. The van der Waals surface area contributed by atoms with Crippen LogP contribution in [0.4, 0.5) is 0 Å². The van der Waals surface area contributed by atoms with Crippen LogP contribution in [0.5, 0.6) is 0 Å². The Bertz CT molecular complexity index is 482. The fourth-order valence-corrected chi connectivity index (χ4v) is 2.18. The number of nitrogens with zero attached hydrogens (tertiary/aromatic N) is 1. The zero-order chi connectivity index (χ0) is 11.7. The van der Waals surface area contributed by atoms with Gasteiger partial charge in [-0.15, -0.1) is 0 Å². The SMILES string of the molecule is CNC(C)c1cccc2ccn(C(C)C)c12. The highest BCUT2D eigenvalue weighted by molar-refractivity contribution is 5.84. The van der Waals surface area contributed by atoms with Crippen LogP contribution in [-0.2, 0) is 0 Å². The van der Waals surface area contributed by atoms with Gasteiger partial charge in [0.15, 0.2) is 0 Å². The van der Waals surface area contributed by atoms with Crippen LogP contribution >= 0.6 is 0 Å². The van der Waals surface area contributed by atoms with E-state index < -0.39 is 0 Å². The molecule has 16 heavy (non-hydrogen) atoms. The van der Waals surface area contributed by atoms with Crippen molar-refractivity contribution in [1.82, 2.24) is 9.88 Å². The Morgan fingerprint density at radius 2 is 1.88 bits per heavy atom. The van der Waals surface area contributed by atoms with E-state index in [1.165, 1.54) is 16.5 Å². The van der Waals surface area contributed by atoms with Gasteiger partial charge in [0.1, 0.15) is 0 Å². The number of nitrogens with one attached hydrogen (secondary N) is 1. The molecule has 0 aliphatic rings. The molecular formula is C14H20N2. The van der Waals surface area contributed by atoms with Crippen molar-refractivity contribution >= 4 is 10.9 Å². The van der Waals surface area contributed by atoms with Crippen molar-refractivity contribution in [2.75, 3.05) is 7.05 Å². The lowest BCUT2D eigenvalue weighted by molar-refractivity contribution is 0.609. The number of para-hydroxylation sites is 1. The second kappa shape index (κ2) is 4.30. The lowest BCUT2D eigenvalue weighted by atomic mass is 10.1. The topological polar surface area (TPSA) is 17.0 Å². The molecule has 1 aromatic carbocycles. The van der Waals surface area contributed by atoms with E-state index in [1.807, 2.05) is 7.05 Å². The number of fused-ring (bicyclic) bond motifs is 1. The molecule has 2 heteroatoms. The molecular weight excluding hydrogens is 196 g/mol. The first-order valence-corrected chi connectivity index (χ1v) is 5.92. The number of hydrogen-bond acceptors (Lipinski definition) is 1. The zero-order valence-electron chi connectivity index (χ0n) is 10.5. The molecule has 86 valence electrons. The minimum Gasteiger partial charge on any atom is -0.345 e. The number of rotatable bonds is 3. The van der Waals surface area contributed by atoms with Crippen LogP contribution in [0, 0.1) is 0 Å². The van der Waals surface area contributed by atoms with E-state index in [4.69, 9.17) is 0 Å². The molecule has 0 spiro atoms. The fourth-order valence-electron chi connectivity index (χ4n) is 2.18. The number of hydrogen-bond donors (Lipinski definition) is 1. The molecule has 2 aromatic rings. The molecule has 0 aliphatic carbocycles. The summed E-state index contributed by atoms with van der Waals surface area (Å²) in [5, 5.41) is 4.64. The van der Waals surface area contributed by atoms with Gasteiger partial charge in [-0.2, -0.15) is 0 Å². The largest absolute Gasteiger partial charge is 0.345 e. The highest BCUT2D eigenvalue weighted by Crippen LogP contribution is 2.27. The average Bonchev–Trinajstić information content (AvgIpc) is 2.71. The van der Waals surface area contributed by atoms with Crippen LogP contribution in [-0.4, -0.2) is 11.6 Å². The second-order valence-electron chi connectivity index (χ2n) is 4.61. The summed E-state index contributed by atoms with van der Waals surface area (Å²) in [7, 11) is 2.01. The van der Waals surface area contributed by atoms with E-state index in [9.17, 15) is 0 Å². The third-order valence-electron chi connectivity index (χ3n) is 3.23. The monoisotopic (exact) mass is 216 g/mol. The first kappa shape index (κ1) is 11.2. The van der Waals surface area contributed by atoms with Gasteiger partial charge in [-0.25, -0.2) is 0 Å². The summed E-state index contributed by atoms with van der Waals surface area (Å²) in [6, 6.07) is 9.61. The Balaban J connectivity index is 2.68. The molecule has 0 bridgehead atoms. The van der Waals surface area contributed by atoms with Gasteiger partial charge in [0.05, 0.1) is 5.52 Å². The third-order valence-corrected chi connectivity index (χ3v) is 3.23. The van der Waals surface area contributed by atoms with Crippen LogP contribution in [0.1, 0.15) is 38.4 Å². The maximum Gasteiger partial charge on any atom is 0.0531 e. The summed E-state index contributed by atoms with van der Waals surface area (Å²) in [5.41, 5.74) is 2.73. The van der Waals surface area contributed by atoms with E-state index in [-0.39, 0.29) is 0 Å². The van der Waals surface area contributed by atoms with Gasteiger partial charge in [-0.05, 0) is 44.8 Å². The summed E-state index contributed by atoms with van der Waals surface area (Å²) in [6.07, 6.45) is 2.18. The standard InChI is InChI=1S/C14H20N2/c1-10(2)16-9-8-12-6-5-7-13(14(12)16)11(3)15-4/h5-11,15H,1-4H3. The number of aromatic nitrogens is 1. The predicted molar refractivity (Wildman–Crippen MR) is 69.8 cm³/mol. The van der Waals surface area contributed by atoms with Crippen LogP contribution in [0.3, 0.4) is 0 Å². The predicted octanol–water partition coefficient (Wildman–Crippen LogP) is 3.50. The van der Waals surface area contributed by atoms with Crippen LogP contribution in [0.25, 0.3) is 10.9 Å². The first-order chi connectivity index (χ1) is 7.65. The fraction of sp³-hybridized carbons (Fsp3) is 0.429. The minimum absolute atomic E-state index is 0.385. The summed E-state index contributed by atoms with van der Waals surface area (Å²) in [5.74, 6) is 0. The normalized spacial score (nSPS) is 13.6. The highest BCUT2D eigenvalue weighted by Gasteiger charge is 2.12. The highest BCUT2D eigenvalue weighted by atomic mass is 15.0. The van der Waals surface area contributed by atoms with E-state index in [0.29, 0.717) is 12.1 Å². The van der Waals surface area contributed by atoms with Gasteiger partial charge in [-0.3, -0.25) is 0 Å². The van der Waals surface area contributed by atoms with Gasteiger partial charge >= 0.3 is 0 Å². The molecule has 0 aliphatic heterocycles. The van der Waals surface area contributed by atoms with E-state index in [1.54, 1.807) is 0 Å². The van der Waals surface area contributed by atoms with Crippen molar-refractivity contribution in [3.05, 3.63) is 36.0 Å². The van der Waals surface area contributed by atoms with Crippen LogP contribution in [0.2, 0.25) is 0 Å². The molecule has 2 nitrogen and oxygen atoms in total. The first-order valence-electron chi connectivity index (χ1n) is 5.92. The molecule has 1 heterocycles. The average molecular weight is 216 g/mol. The van der Waals surface area contributed by atoms with Crippen LogP contribution in [0.15, 0.2) is 30.5 Å². The van der Waals surface area contributed by atoms with Crippen molar-refractivity contribution in [2.45, 2.75) is 32.9 Å². The Labute approximate surface area is 97.3 Å². The van der Waals surface area contributed by atoms with Crippen molar-refractivity contribution in [3.63, 3.8) is 0 Å². The summed E-state index contributed by atoms with van der Waals surface area (Å²) in [6.45, 7) is 6.65. The Morgan fingerprint density at radius 3 is 2.50 bits per heavy atom. The summed E-state index contributed by atoms with van der Waals surface area (Å²) >= 11 is 0. The molecule has 1 N–H and O–H groups in total. The van der Waals surface area contributed by atoms with Gasteiger partial charge in [-0.1, -0.05) is 18.2 Å². The molecule has 0 fully saturated rings. The molecule has 0 saturated carbocycles. The third kappa shape index (κ3) is 1.74. The molecule has 1 atom stereocenters. The van der Waals surface area contributed by atoms with Crippen molar-refractivity contribution < 1.29 is 0 Å². The zero-order valence-corrected chi connectivity index (χ0v) is 10.5. The molecule has 2 rings (SSSR count). The number of benzene rings is 1. The quantitative estimate of drug-likeness (QED) is 0.831. The molecule has 0 saturated heterocycles. The molecule has 0 amide bonds. The maximum atomic E-state index is 3.32. The Kier molecular flexibility index (Phi) is 3.01. The van der Waals surface area contributed by atoms with E-state index in [2.05, 4.69) is 61.1 Å². The molecule has 0 radical (unpaired) electrons. The lowest BCUT2D eigenvalue weighted by Crippen LogP contribution is -2.14. The maximum absolute atomic E-state index is 3.32. The van der Waals surface area contributed by atoms with Crippen molar-refractivity contribution in [1.29, 1.82) is 0 Å². The van der Waals surface area contributed by atoms with Crippen molar-refractivity contribution in [3.8, 4) is 0 Å². The summed E-state index contributed by atoms with van der Waals surface area (Å²) in [4.78, 5) is 0. The summed E-state index contributed by atoms with van der Waals surface area (Å²) < 4.78 is 2.35. The van der Waals surface area contributed by atoms with Gasteiger partial charge in [0.25, 0.3) is 0 Å². The van der Waals surface area contributed by atoms with Gasteiger partial charge < -0.3 is 9.88 Å². The molecule has 1 unspecified atom stereocenters. The lowest BCUT2D eigenvalue weighted by Gasteiger charge is -2.17. The Morgan fingerprint density at radius 1 is 1.12 bits per heavy atom. The van der Waals surface area contributed by atoms with Gasteiger partial charge in [0.2, 0.25) is 0 Å². The Hall–Kier alpha value is -1.28. The smallest absolute Gasteiger partial charge is 0.0531 e.